The molecule has 0 aliphatic rings. The molecule has 5 heteroatoms. The van der Waals surface area contributed by atoms with Gasteiger partial charge >= 0.3 is 5.97 Å². The molecule has 0 aliphatic heterocycles. The minimum atomic E-state index is -0.410. The third-order valence-electron chi connectivity index (χ3n) is 3.39. The first kappa shape index (κ1) is 14.8. The second-order valence-electron chi connectivity index (χ2n) is 4.69. The summed E-state index contributed by atoms with van der Waals surface area (Å²) in [6.07, 6.45) is 1.58. The lowest BCUT2D eigenvalue weighted by Gasteiger charge is -2.10. The molecule has 0 radical (unpaired) electrons. The van der Waals surface area contributed by atoms with E-state index in [-0.39, 0.29) is 0 Å². The number of carbonyl (C=O) groups is 1. The summed E-state index contributed by atoms with van der Waals surface area (Å²) in [4.78, 5) is 16.2. The van der Waals surface area contributed by atoms with Crippen LogP contribution >= 0.6 is 23.2 Å². The van der Waals surface area contributed by atoms with Crippen LogP contribution in [0.3, 0.4) is 0 Å². The maximum Gasteiger partial charge on any atom is 0.337 e. The van der Waals surface area contributed by atoms with Crippen LogP contribution in [0, 0.1) is 0 Å². The van der Waals surface area contributed by atoms with E-state index in [4.69, 9.17) is 27.9 Å². The summed E-state index contributed by atoms with van der Waals surface area (Å²) in [6, 6.07) is 12.6. The van der Waals surface area contributed by atoms with Crippen LogP contribution in [0.5, 0.6) is 0 Å². The van der Waals surface area contributed by atoms with Gasteiger partial charge in [-0.3, -0.25) is 4.98 Å². The minimum Gasteiger partial charge on any atom is -0.465 e. The topological polar surface area (TPSA) is 39.2 Å². The third kappa shape index (κ3) is 2.54. The normalized spacial score (nSPS) is 10.7. The van der Waals surface area contributed by atoms with Gasteiger partial charge in [0.05, 0.1) is 23.4 Å². The Morgan fingerprint density at radius 2 is 1.82 bits per heavy atom. The van der Waals surface area contributed by atoms with Crippen molar-refractivity contribution < 1.29 is 9.53 Å². The summed E-state index contributed by atoms with van der Waals surface area (Å²) in [7, 11) is 1.34. The number of nitrogens with zero attached hydrogens (tertiary/aromatic N) is 1. The molecule has 3 rings (SSSR count). The molecule has 0 aliphatic carbocycles. The van der Waals surface area contributed by atoms with Gasteiger partial charge in [-0.2, -0.15) is 0 Å². The molecule has 0 saturated carbocycles. The zero-order chi connectivity index (χ0) is 15.7. The Labute approximate surface area is 137 Å². The first-order chi connectivity index (χ1) is 10.6. The maximum atomic E-state index is 11.8. The van der Waals surface area contributed by atoms with Crippen molar-refractivity contribution in [2.75, 3.05) is 7.11 Å². The molecule has 0 saturated heterocycles. The average molecular weight is 332 g/mol. The maximum absolute atomic E-state index is 11.8. The standard InChI is InChI=1S/C17H11Cl2NO2/c1-22-17(21)10-6-7-11-13(8-10)16(20-9-15(11)19)12-4-2-3-5-14(12)18/h2-9H,1H3. The van der Waals surface area contributed by atoms with E-state index >= 15 is 0 Å². The minimum absolute atomic E-state index is 0.410. The van der Waals surface area contributed by atoms with Gasteiger partial charge in [0, 0.05) is 27.6 Å². The van der Waals surface area contributed by atoms with E-state index in [2.05, 4.69) is 4.98 Å². The lowest BCUT2D eigenvalue weighted by molar-refractivity contribution is 0.0601. The zero-order valence-electron chi connectivity index (χ0n) is 11.6. The van der Waals surface area contributed by atoms with Crippen LogP contribution in [0.25, 0.3) is 22.0 Å². The van der Waals surface area contributed by atoms with Crippen LogP contribution in [-0.2, 0) is 4.74 Å². The Morgan fingerprint density at radius 3 is 2.55 bits per heavy atom. The molecule has 2 aromatic carbocycles. The molecule has 0 atom stereocenters. The summed E-state index contributed by atoms with van der Waals surface area (Å²) in [5.41, 5.74) is 1.90. The number of halogens is 2. The predicted molar refractivity (Wildman–Crippen MR) is 88.5 cm³/mol. The van der Waals surface area contributed by atoms with E-state index in [0.717, 1.165) is 16.3 Å². The quantitative estimate of drug-likeness (QED) is 0.620. The van der Waals surface area contributed by atoms with Crippen LogP contribution in [-0.4, -0.2) is 18.1 Å². The van der Waals surface area contributed by atoms with Crippen molar-refractivity contribution in [3.8, 4) is 11.3 Å². The van der Waals surface area contributed by atoms with Crippen LogP contribution in [0.1, 0.15) is 10.4 Å². The monoisotopic (exact) mass is 331 g/mol. The average Bonchev–Trinajstić information content (AvgIpc) is 2.55. The van der Waals surface area contributed by atoms with E-state index in [0.29, 0.717) is 21.3 Å². The van der Waals surface area contributed by atoms with Crippen molar-refractivity contribution in [2.45, 2.75) is 0 Å². The number of pyridine rings is 1. The first-order valence-electron chi connectivity index (χ1n) is 6.53. The molecule has 0 spiro atoms. The van der Waals surface area contributed by atoms with Crippen molar-refractivity contribution in [1.82, 2.24) is 4.98 Å². The van der Waals surface area contributed by atoms with Gasteiger partial charge in [0.25, 0.3) is 0 Å². The lowest BCUT2D eigenvalue weighted by Crippen LogP contribution is -2.01. The lowest BCUT2D eigenvalue weighted by atomic mass is 10.0. The summed E-state index contributed by atoms with van der Waals surface area (Å²) in [6.45, 7) is 0. The number of esters is 1. The number of rotatable bonds is 2. The van der Waals surface area contributed by atoms with Gasteiger partial charge in [-0.05, 0) is 18.2 Å². The van der Waals surface area contributed by atoms with Crippen LogP contribution in [0.2, 0.25) is 10.0 Å². The molecule has 1 aromatic heterocycles. The molecule has 0 unspecified atom stereocenters. The molecule has 110 valence electrons. The van der Waals surface area contributed by atoms with Gasteiger partial charge in [-0.15, -0.1) is 0 Å². The Bertz CT molecular complexity index is 878. The van der Waals surface area contributed by atoms with E-state index < -0.39 is 5.97 Å². The van der Waals surface area contributed by atoms with Gasteiger partial charge in [0.1, 0.15) is 0 Å². The second-order valence-corrected chi connectivity index (χ2v) is 5.50. The van der Waals surface area contributed by atoms with Crippen LogP contribution < -0.4 is 0 Å². The largest absolute Gasteiger partial charge is 0.465 e. The number of benzene rings is 2. The van der Waals surface area contributed by atoms with E-state index in [1.54, 1.807) is 30.5 Å². The first-order valence-corrected chi connectivity index (χ1v) is 7.29. The molecular formula is C17H11Cl2NO2. The number of hydrogen-bond donors (Lipinski definition) is 0. The SMILES string of the molecule is COC(=O)c1ccc2c(Cl)cnc(-c3ccccc3Cl)c2c1. The highest BCUT2D eigenvalue weighted by molar-refractivity contribution is 6.36. The molecule has 0 fully saturated rings. The fourth-order valence-electron chi connectivity index (χ4n) is 2.32. The molecule has 0 amide bonds. The van der Waals surface area contributed by atoms with Crippen LogP contribution in [0.15, 0.2) is 48.7 Å². The Morgan fingerprint density at radius 1 is 1.05 bits per heavy atom. The van der Waals surface area contributed by atoms with Gasteiger partial charge in [0.15, 0.2) is 0 Å². The number of ether oxygens (including phenoxy) is 1. The fraction of sp³-hybridized carbons (Fsp3) is 0.0588. The van der Waals surface area contributed by atoms with Crippen LogP contribution in [0.4, 0.5) is 0 Å². The van der Waals surface area contributed by atoms with Gasteiger partial charge in [-0.25, -0.2) is 4.79 Å². The molecule has 0 bridgehead atoms. The Balaban J connectivity index is 2.33. The summed E-state index contributed by atoms with van der Waals surface area (Å²) < 4.78 is 4.77. The van der Waals surface area contributed by atoms with Gasteiger partial charge < -0.3 is 4.74 Å². The van der Waals surface area contributed by atoms with Crippen molar-refractivity contribution >= 4 is 39.9 Å². The number of fused-ring (bicyclic) bond motifs is 1. The predicted octanol–water partition coefficient (Wildman–Crippen LogP) is 5.00. The summed E-state index contributed by atoms with van der Waals surface area (Å²) in [5, 5.41) is 2.66. The zero-order valence-corrected chi connectivity index (χ0v) is 13.2. The summed E-state index contributed by atoms with van der Waals surface area (Å²) >= 11 is 12.5. The third-order valence-corrected chi connectivity index (χ3v) is 4.02. The van der Waals surface area contributed by atoms with E-state index in [9.17, 15) is 4.79 Å². The van der Waals surface area contributed by atoms with Crippen molar-refractivity contribution in [1.29, 1.82) is 0 Å². The number of carbonyl (C=O) groups excluding carboxylic acids is 1. The summed E-state index contributed by atoms with van der Waals surface area (Å²) in [5.74, 6) is -0.410. The van der Waals surface area contributed by atoms with Crippen molar-refractivity contribution in [3.05, 3.63) is 64.3 Å². The van der Waals surface area contributed by atoms with Gasteiger partial charge in [0.2, 0.25) is 0 Å². The Hall–Kier alpha value is -2.10. The van der Waals surface area contributed by atoms with Crippen molar-refractivity contribution in [3.63, 3.8) is 0 Å². The fourth-order valence-corrected chi connectivity index (χ4v) is 2.76. The second kappa shape index (κ2) is 5.95. The highest BCUT2D eigenvalue weighted by Crippen LogP contribution is 2.35. The Kier molecular flexibility index (Phi) is 4.01. The molecule has 3 aromatic rings. The van der Waals surface area contributed by atoms with Crippen molar-refractivity contribution in [2.24, 2.45) is 0 Å². The molecule has 0 N–H and O–H groups in total. The number of aromatic nitrogens is 1. The molecule has 1 heterocycles. The highest BCUT2D eigenvalue weighted by atomic mass is 35.5. The molecule has 3 nitrogen and oxygen atoms in total. The number of hydrogen-bond acceptors (Lipinski definition) is 3. The molecular weight excluding hydrogens is 321 g/mol. The highest BCUT2D eigenvalue weighted by Gasteiger charge is 2.14. The number of methoxy groups -OCH3 is 1. The van der Waals surface area contributed by atoms with Gasteiger partial charge in [-0.1, -0.05) is 47.5 Å². The smallest absolute Gasteiger partial charge is 0.337 e. The van der Waals surface area contributed by atoms with E-state index in [1.165, 1.54) is 7.11 Å². The van der Waals surface area contributed by atoms with E-state index in [1.807, 2.05) is 18.2 Å². The molecule has 22 heavy (non-hydrogen) atoms.